The third-order valence-corrected chi connectivity index (χ3v) is 5.86. The van der Waals surface area contributed by atoms with Crippen molar-refractivity contribution in [3.8, 4) is 0 Å². The lowest BCUT2D eigenvalue weighted by molar-refractivity contribution is -0.0541. The molecule has 0 aromatic heterocycles. The average molecular weight is 259 g/mol. The molecule has 2 unspecified atom stereocenters. The maximum atomic E-state index is 6.40. The van der Waals surface area contributed by atoms with E-state index < -0.39 is 0 Å². The molecule has 1 saturated heterocycles. The molecule has 0 bridgehead atoms. The highest BCUT2D eigenvalue weighted by atomic mass is 35.5. The third-order valence-electron chi connectivity index (χ3n) is 5.25. The molecular formula is C15H27ClO. The second-order valence-electron chi connectivity index (χ2n) is 6.82. The van der Waals surface area contributed by atoms with Gasteiger partial charge in [0.2, 0.25) is 0 Å². The Balaban J connectivity index is 1.92. The van der Waals surface area contributed by atoms with Gasteiger partial charge in [-0.3, -0.25) is 0 Å². The van der Waals surface area contributed by atoms with Gasteiger partial charge in [0.25, 0.3) is 0 Å². The topological polar surface area (TPSA) is 9.23 Å². The van der Waals surface area contributed by atoms with E-state index >= 15 is 0 Å². The van der Waals surface area contributed by atoms with Crippen molar-refractivity contribution in [3.63, 3.8) is 0 Å². The molecule has 2 heteroatoms. The van der Waals surface area contributed by atoms with Gasteiger partial charge in [-0.1, -0.05) is 33.6 Å². The SMILES string of the molecule is CC(C)C(C)(CCl)CC1CCC2(CCCC2)O1. The van der Waals surface area contributed by atoms with E-state index in [9.17, 15) is 0 Å². The zero-order valence-corrected chi connectivity index (χ0v) is 12.4. The van der Waals surface area contributed by atoms with Crippen LogP contribution in [0.25, 0.3) is 0 Å². The van der Waals surface area contributed by atoms with Crippen LogP contribution in [-0.4, -0.2) is 17.6 Å². The first kappa shape index (κ1) is 13.7. The first-order valence-electron chi connectivity index (χ1n) is 7.23. The van der Waals surface area contributed by atoms with Gasteiger partial charge >= 0.3 is 0 Å². The van der Waals surface area contributed by atoms with Gasteiger partial charge < -0.3 is 4.74 Å². The molecule has 0 amide bonds. The Labute approximate surface area is 111 Å². The zero-order chi connectivity index (χ0) is 12.5. The Bertz CT molecular complexity index is 258. The Morgan fingerprint density at radius 3 is 2.47 bits per heavy atom. The highest BCUT2D eigenvalue weighted by Crippen LogP contribution is 2.46. The maximum Gasteiger partial charge on any atom is 0.0687 e. The summed E-state index contributed by atoms with van der Waals surface area (Å²) in [6.07, 6.45) is 9.45. The minimum absolute atomic E-state index is 0.232. The number of alkyl halides is 1. The van der Waals surface area contributed by atoms with Crippen LogP contribution in [0.15, 0.2) is 0 Å². The smallest absolute Gasteiger partial charge is 0.0687 e. The molecule has 0 aromatic rings. The highest BCUT2D eigenvalue weighted by molar-refractivity contribution is 6.18. The van der Waals surface area contributed by atoms with Gasteiger partial charge in [-0.25, -0.2) is 0 Å². The van der Waals surface area contributed by atoms with Crippen LogP contribution in [0.1, 0.15) is 65.7 Å². The standard InChI is InChI=1S/C15H27ClO/c1-12(2)14(3,11-16)10-13-6-9-15(17-13)7-4-5-8-15/h12-13H,4-11H2,1-3H3. The van der Waals surface area contributed by atoms with Crippen LogP contribution >= 0.6 is 11.6 Å². The third kappa shape index (κ3) is 2.81. The largest absolute Gasteiger partial charge is 0.372 e. The maximum absolute atomic E-state index is 6.40. The van der Waals surface area contributed by atoms with E-state index in [1.54, 1.807) is 0 Å². The number of hydrogen-bond donors (Lipinski definition) is 0. The molecule has 1 heterocycles. The van der Waals surface area contributed by atoms with E-state index in [1.165, 1.54) is 38.5 Å². The highest BCUT2D eigenvalue weighted by Gasteiger charge is 2.44. The van der Waals surface area contributed by atoms with E-state index in [-0.39, 0.29) is 11.0 Å². The monoisotopic (exact) mass is 258 g/mol. The molecule has 1 aliphatic heterocycles. The van der Waals surface area contributed by atoms with Crippen LogP contribution in [0, 0.1) is 11.3 Å². The molecule has 1 saturated carbocycles. The number of hydrogen-bond acceptors (Lipinski definition) is 1. The quantitative estimate of drug-likeness (QED) is 0.660. The molecule has 0 aromatic carbocycles. The second-order valence-corrected chi connectivity index (χ2v) is 7.08. The Morgan fingerprint density at radius 1 is 1.29 bits per heavy atom. The first-order valence-corrected chi connectivity index (χ1v) is 7.77. The van der Waals surface area contributed by atoms with Crippen molar-refractivity contribution < 1.29 is 4.74 Å². The van der Waals surface area contributed by atoms with Crippen LogP contribution in [0.4, 0.5) is 0 Å². The molecule has 0 N–H and O–H groups in total. The second kappa shape index (κ2) is 5.09. The predicted octanol–water partition coefficient (Wildman–Crippen LogP) is 4.77. The number of halogens is 1. The Morgan fingerprint density at radius 2 is 1.94 bits per heavy atom. The van der Waals surface area contributed by atoms with Crippen molar-refractivity contribution in [1.29, 1.82) is 0 Å². The van der Waals surface area contributed by atoms with Crippen LogP contribution in [-0.2, 0) is 4.74 Å². The van der Waals surface area contributed by atoms with E-state index in [0.29, 0.717) is 12.0 Å². The summed E-state index contributed by atoms with van der Waals surface area (Å²) in [5.41, 5.74) is 0.505. The fourth-order valence-electron chi connectivity index (χ4n) is 3.39. The lowest BCUT2D eigenvalue weighted by Gasteiger charge is -2.35. The molecule has 2 aliphatic rings. The predicted molar refractivity (Wildman–Crippen MR) is 73.6 cm³/mol. The molecule has 2 atom stereocenters. The lowest BCUT2D eigenvalue weighted by Crippen LogP contribution is -2.32. The van der Waals surface area contributed by atoms with E-state index in [0.717, 1.165) is 12.3 Å². The average Bonchev–Trinajstić information content (AvgIpc) is 2.90. The normalized spacial score (nSPS) is 31.2. The molecular weight excluding hydrogens is 232 g/mol. The Kier molecular flexibility index (Phi) is 4.09. The summed E-state index contributed by atoms with van der Waals surface area (Å²) in [6.45, 7) is 6.87. The molecule has 2 fully saturated rings. The van der Waals surface area contributed by atoms with Gasteiger partial charge in [-0.05, 0) is 43.4 Å². The van der Waals surface area contributed by atoms with Crippen molar-refractivity contribution >= 4 is 11.6 Å². The van der Waals surface area contributed by atoms with E-state index in [1.807, 2.05) is 0 Å². The number of ether oxygens (including phenoxy) is 1. The molecule has 17 heavy (non-hydrogen) atoms. The summed E-state index contributed by atoms with van der Waals surface area (Å²) in [6, 6.07) is 0. The van der Waals surface area contributed by atoms with Crippen LogP contribution < -0.4 is 0 Å². The summed E-state index contributed by atoms with van der Waals surface area (Å²) in [5.74, 6) is 1.38. The molecule has 1 aliphatic carbocycles. The molecule has 1 nitrogen and oxygen atoms in total. The van der Waals surface area contributed by atoms with Crippen molar-refractivity contribution in [2.45, 2.75) is 77.4 Å². The minimum Gasteiger partial charge on any atom is -0.372 e. The van der Waals surface area contributed by atoms with Crippen molar-refractivity contribution in [2.24, 2.45) is 11.3 Å². The van der Waals surface area contributed by atoms with Gasteiger partial charge in [0.05, 0.1) is 11.7 Å². The summed E-state index contributed by atoms with van der Waals surface area (Å²) < 4.78 is 6.40. The van der Waals surface area contributed by atoms with Crippen molar-refractivity contribution in [1.82, 2.24) is 0 Å². The van der Waals surface area contributed by atoms with Crippen molar-refractivity contribution in [2.75, 3.05) is 5.88 Å². The van der Waals surface area contributed by atoms with Gasteiger partial charge in [0, 0.05) is 5.88 Å². The van der Waals surface area contributed by atoms with Crippen LogP contribution in [0.5, 0.6) is 0 Å². The zero-order valence-electron chi connectivity index (χ0n) is 11.6. The lowest BCUT2D eigenvalue weighted by atomic mass is 9.76. The first-order chi connectivity index (χ1) is 8.00. The van der Waals surface area contributed by atoms with Gasteiger partial charge in [-0.15, -0.1) is 11.6 Å². The van der Waals surface area contributed by atoms with E-state index in [2.05, 4.69) is 20.8 Å². The fraction of sp³-hybridized carbons (Fsp3) is 1.00. The van der Waals surface area contributed by atoms with Crippen molar-refractivity contribution in [3.05, 3.63) is 0 Å². The fourth-order valence-corrected chi connectivity index (χ4v) is 3.81. The van der Waals surface area contributed by atoms with E-state index in [4.69, 9.17) is 16.3 Å². The minimum atomic E-state index is 0.232. The summed E-state index contributed by atoms with van der Waals surface area (Å²) in [5, 5.41) is 0. The summed E-state index contributed by atoms with van der Waals surface area (Å²) in [7, 11) is 0. The van der Waals surface area contributed by atoms with Crippen LogP contribution in [0.2, 0.25) is 0 Å². The van der Waals surface area contributed by atoms with Gasteiger partial charge in [0.15, 0.2) is 0 Å². The summed E-state index contributed by atoms with van der Waals surface area (Å²) in [4.78, 5) is 0. The molecule has 100 valence electrons. The van der Waals surface area contributed by atoms with Gasteiger partial charge in [0.1, 0.15) is 0 Å². The van der Waals surface area contributed by atoms with Crippen LogP contribution in [0.3, 0.4) is 0 Å². The van der Waals surface area contributed by atoms with Gasteiger partial charge in [-0.2, -0.15) is 0 Å². The molecule has 1 spiro atoms. The molecule has 0 radical (unpaired) electrons. The summed E-state index contributed by atoms with van der Waals surface area (Å²) >= 11 is 6.18. The molecule has 2 rings (SSSR count). The Hall–Kier alpha value is 0.250. The number of rotatable bonds is 4.